The Morgan fingerprint density at radius 1 is 1.07 bits per heavy atom. The molecule has 154 valence electrons. The summed E-state index contributed by atoms with van der Waals surface area (Å²) in [6.07, 6.45) is 2.91. The zero-order valence-electron chi connectivity index (χ0n) is 17.2. The Hall–Kier alpha value is -2.69. The van der Waals surface area contributed by atoms with Crippen LogP contribution in [0.15, 0.2) is 48.5 Å². The van der Waals surface area contributed by atoms with Crippen molar-refractivity contribution in [2.45, 2.75) is 33.1 Å². The molecule has 0 radical (unpaired) electrons. The van der Waals surface area contributed by atoms with Crippen molar-refractivity contribution in [3.8, 4) is 0 Å². The lowest BCUT2D eigenvalue weighted by molar-refractivity contribution is 0.0671. The van der Waals surface area contributed by atoms with Crippen LogP contribution in [0.25, 0.3) is 0 Å². The van der Waals surface area contributed by atoms with Crippen LogP contribution in [0.2, 0.25) is 0 Å². The SMILES string of the molecule is CC(C)Cc1ccc(C(=O)N2CCC[C@@H](CNC(=O)c3ccc(F)cc3)C2)cc1. The fraction of sp³-hybridized carbons (Fsp3) is 0.417. The number of amides is 2. The van der Waals surface area contributed by atoms with Crippen LogP contribution in [0.3, 0.4) is 0 Å². The van der Waals surface area contributed by atoms with E-state index in [2.05, 4.69) is 19.2 Å². The number of carbonyl (C=O) groups excluding carboxylic acids is 2. The van der Waals surface area contributed by atoms with Crippen LogP contribution >= 0.6 is 0 Å². The zero-order chi connectivity index (χ0) is 20.8. The smallest absolute Gasteiger partial charge is 0.253 e. The van der Waals surface area contributed by atoms with Gasteiger partial charge in [-0.2, -0.15) is 0 Å². The van der Waals surface area contributed by atoms with E-state index in [4.69, 9.17) is 0 Å². The summed E-state index contributed by atoms with van der Waals surface area (Å²) in [6.45, 7) is 6.25. The maximum absolute atomic E-state index is 13.0. The van der Waals surface area contributed by atoms with Gasteiger partial charge in [0.25, 0.3) is 11.8 Å². The molecular formula is C24H29FN2O2. The molecule has 0 unspecified atom stereocenters. The maximum Gasteiger partial charge on any atom is 0.253 e. The van der Waals surface area contributed by atoms with Gasteiger partial charge in [0.2, 0.25) is 0 Å². The minimum absolute atomic E-state index is 0.0515. The summed E-state index contributed by atoms with van der Waals surface area (Å²) in [5, 5.41) is 2.91. The average Bonchev–Trinajstić information content (AvgIpc) is 2.72. The second kappa shape index (κ2) is 9.68. The lowest BCUT2D eigenvalue weighted by atomic mass is 9.96. The summed E-state index contributed by atoms with van der Waals surface area (Å²) >= 11 is 0. The zero-order valence-corrected chi connectivity index (χ0v) is 17.2. The van der Waals surface area contributed by atoms with Gasteiger partial charge in [-0.15, -0.1) is 0 Å². The van der Waals surface area contributed by atoms with Gasteiger partial charge in [-0.25, -0.2) is 4.39 Å². The fourth-order valence-electron chi connectivity index (χ4n) is 3.79. The highest BCUT2D eigenvalue weighted by Crippen LogP contribution is 2.19. The Balaban J connectivity index is 1.53. The van der Waals surface area contributed by atoms with Crippen molar-refractivity contribution in [1.82, 2.24) is 10.2 Å². The molecule has 1 N–H and O–H groups in total. The maximum atomic E-state index is 13.0. The molecule has 1 fully saturated rings. The molecule has 0 spiro atoms. The minimum atomic E-state index is -0.361. The molecular weight excluding hydrogens is 367 g/mol. The van der Waals surface area contributed by atoms with Gasteiger partial charge in [0.15, 0.2) is 0 Å². The van der Waals surface area contributed by atoms with Gasteiger partial charge in [-0.05, 0) is 73.1 Å². The van der Waals surface area contributed by atoms with Crippen LogP contribution in [0, 0.1) is 17.7 Å². The van der Waals surface area contributed by atoms with Crippen LogP contribution in [0.5, 0.6) is 0 Å². The van der Waals surface area contributed by atoms with E-state index in [0.29, 0.717) is 30.1 Å². The fourth-order valence-corrected chi connectivity index (χ4v) is 3.79. The minimum Gasteiger partial charge on any atom is -0.352 e. The molecule has 1 heterocycles. The molecule has 1 aliphatic rings. The molecule has 0 saturated carbocycles. The molecule has 0 aliphatic carbocycles. The Morgan fingerprint density at radius 3 is 2.38 bits per heavy atom. The Kier molecular flexibility index (Phi) is 7.02. The van der Waals surface area contributed by atoms with Crippen LogP contribution < -0.4 is 5.32 Å². The van der Waals surface area contributed by atoms with Crippen molar-refractivity contribution in [2.75, 3.05) is 19.6 Å². The number of carbonyl (C=O) groups is 2. The molecule has 0 bridgehead atoms. The van der Waals surface area contributed by atoms with Gasteiger partial charge in [-0.1, -0.05) is 26.0 Å². The number of rotatable bonds is 6. The summed E-state index contributed by atoms with van der Waals surface area (Å²) in [5.74, 6) is 0.284. The van der Waals surface area contributed by atoms with E-state index in [1.807, 2.05) is 29.2 Å². The van der Waals surface area contributed by atoms with Crippen molar-refractivity contribution < 1.29 is 14.0 Å². The summed E-state index contributed by atoms with van der Waals surface area (Å²) in [5.41, 5.74) is 2.40. The predicted octanol–water partition coefficient (Wildman–Crippen LogP) is 4.31. The molecule has 1 atom stereocenters. The Morgan fingerprint density at radius 2 is 1.72 bits per heavy atom. The van der Waals surface area contributed by atoms with E-state index in [0.717, 1.165) is 25.8 Å². The highest BCUT2D eigenvalue weighted by atomic mass is 19.1. The molecule has 5 heteroatoms. The standard InChI is InChI=1S/C24H29FN2O2/c1-17(2)14-18-5-7-21(8-6-18)24(29)27-13-3-4-19(16-27)15-26-23(28)20-9-11-22(25)12-10-20/h5-12,17,19H,3-4,13-16H2,1-2H3,(H,26,28)/t19-/m0/s1. The highest BCUT2D eigenvalue weighted by Gasteiger charge is 2.25. The normalized spacial score (nSPS) is 16.7. The third-order valence-electron chi connectivity index (χ3n) is 5.31. The average molecular weight is 397 g/mol. The number of halogens is 1. The monoisotopic (exact) mass is 396 g/mol. The Labute approximate surface area is 172 Å². The van der Waals surface area contributed by atoms with Crippen LogP contribution in [-0.2, 0) is 6.42 Å². The Bertz CT molecular complexity index is 831. The van der Waals surface area contributed by atoms with Gasteiger partial charge < -0.3 is 10.2 Å². The molecule has 2 aromatic carbocycles. The molecule has 2 amide bonds. The van der Waals surface area contributed by atoms with Crippen molar-refractivity contribution in [1.29, 1.82) is 0 Å². The predicted molar refractivity (Wildman–Crippen MR) is 112 cm³/mol. The lowest BCUT2D eigenvalue weighted by Crippen LogP contribution is -2.43. The van der Waals surface area contributed by atoms with E-state index in [1.165, 1.54) is 29.8 Å². The number of hydrogen-bond acceptors (Lipinski definition) is 2. The number of piperidine rings is 1. The van der Waals surface area contributed by atoms with Crippen LogP contribution in [-0.4, -0.2) is 36.3 Å². The summed E-state index contributed by atoms with van der Waals surface area (Å²) < 4.78 is 13.0. The van der Waals surface area contributed by atoms with Crippen molar-refractivity contribution >= 4 is 11.8 Å². The number of nitrogens with zero attached hydrogens (tertiary/aromatic N) is 1. The number of benzene rings is 2. The molecule has 1 aliphatic heterocycles. The first-order chi connectivity index (χ1) is 13.9. The van der Waals surface area contributed by atoms with Gasteiger partial charge in [0, 0.05) is 30.8 Å². The first-order valence-corrected chi connectivity index (χ1v) is 10.3. The molecule has 4 nitrogen and oxygen atoms in total. The largest absolute Gasteiger partial charge is 0.352 e. The number of likely N-dealkylation sites (tertiary alicyclic amines) is 1. The summed E-state index contributed by atoms with van der Waals surface area (Å²) in [6, 6.07) is 13.4. The third-order valence-corrected chi connectivity index (χ3v) is 5.31. The van der Waals surface area contributed by atoms with Gasteiger partial charge in [-0.3, -0.25) is 9.59 Å². The van der Waals surface area contributed by atoms with Crippen LogP contribution in [0.4, 0.5) is 4.39 Å². The second-order valence-corrected chi connectivity index (χ2v) is 8.27. The van der Waals surface area contributed by atoms with Gasteiger partial charge >= 0.3 is 0 Å². The van der Waals surface area contributed by atoms with Crippen molar-refractivity contribution in [3.63, 3.8) is 0 Å². The van der Waals surface area contributed by atoms with E-state index in [9.17, 15) is 14.0 Å². The van der Waals surface area contributed by atoms with E-state index < -0.39 is 0 Å². The third kappa shape index (κ3) is 5.89. The first kappa shape index (κ1) is 21.0. The van der Waals surface area contributed by atoms with E-state index in [1.54, 1.807) is 0 Å². The van der Waals surface area contributed by atoms with Crippen molar-refractivity contribution in [3.05, 3.63) is 71.0 Å². The molecule has 2 aromatic rings. The van der Waals surface area contributed by atoms with Gasteiger partial charge in [0.1, 0.15) is 5.82 Å². The first-order valence-electron chi connectivity index (χ1n) is 10.3. The topological polar surface area (TPSA) is 49.4 Å². The summed E-state index contributed by atoms with van der Waals surface area (Å²) in [7, 11) is 0. The summed E-state index contributed by atoms with van der Waals surface area (Å²) in [4.78, 5) is 27.0. The number of hydrogen-bond donors (Lipinski definition) is 1. The molecule has 0 aromatic heterocycles. The van der Waals surface area contributed by atoms with E-state index in [-0.39, 0.29) is 23.5 Å². The molecule has 1 saturated heterocycles. The number of nitrogens with one attached hydrogen (secondary N) is 1. The highest BCUT2D eigenvalue weighted by molar-refractivity contribution is 5.95. The van der Waals surface area contributed by atoms with Crippen LogP contribution in [0.1, 0.15) is 53.0 Å². The second-order valence-electron chi connectivity index (χ2n) is 8.27. The van der Waals surface area contributed by atoms with Crippen molar-refractivity contribution in [2.24, 2.45) is 11.8 Å². The molecule has 3 rings (SSSR count). The lowest BCUT2D eigenvalue weighted by Gasteiger charge is -2.33. The van der Waals surface area contributed by atoms with Gasteiger partial charge in [0.05, 0.1) is 0 Å². The molecule has 29 heavy (non-hydrogen) atoms. The quantitative estimate of drug-likeness (QED) is 0.791. The van der Waals surface area contributed by atoms with E-state index >= 15 is 0 Å².